The summed E-state index contributed by atoms with van der Waals surface area (Å²) < 4.78 is 7.37. The lowest BCUT2D eigenvalue weighted by Gasteiger charge is -2.09. The van der Waals surface area contributed by atoms with Gasteiger partial charge < -0.3 is 9.30 Å². The third-order valence-electron chi connectivity index (χ3n) is 4.76. The van der Waals surface area contributed by atoms with Gasteiger partial charge in [-0.25, -0.2) is 5.43 Å². The van der Waals surface area contributed by atoms with Gasteiger partial charge in [0.2, 0.25) is 0 Å². The highest BCUT2D eigenvalue weighted by Crippen LogP contribution is 2.26. The molecule has 1 N–H and O–H groups in total. The minimum atomic E-state index is -0.337. The summed E-state index contributed by atoms with van der Waals surface area (Å²) in [4.78, 5) is 12.7. The number of terminal acetylenes is 1. The number of rotatable bonds is 5. The molecule has 3 aromatic carbocycles. The molecule has 142 valence electrons. The largest absolute Gasteiger partial charge is 0.496 e. The Bertz CT molecular complexity index is 1280. The van der Waals surface area contributed by atoms with Gasteiger partial charge in [-0.2, -0.15) is 5.10 Å². The number of benzene rings is 3. The summed E-state index contributed by atoms with van der Waals surface area (Å²) in [7, 11) is 1.55. The van der Waals surface area contributed by atoms with Crippen molar-refractivity contribution < 1.29 is 9.53 Å². The lowest BCUT2D eigenvalue weighted by molar-refractivity contribution is 0.0952. The molecule has 1 aromatic heterocycles. The molecule has 1 heterocycles. The van der Waals surface area contributed by atoms with Crippen molar-refractivity contribution in [3.63, 3.8) is 0 Å². The number of carbonyl (C=O) groups excluding carboxylic acids is 1. The van der Waals surface area contributed by atoms with E-state index in [2.05, 4.69) is 16.4 Å². The molecule has 0 saturated heterocycles. The van der Waals surface area contributed by atoms with E-state index in [9.17, 15) is 4.79 Å². The highest BCUT2D eigenvalue weighted by molar-refractivity contribution is 6.03. The SMILES string of the molecule is C#CCn1cc(/C=N\NC(=O)c2cc3ccccc3cc2OC)c2ccccc21. The molecule has 0 aliphatic heterocycles. The number of hydrogen-bond donors (Lipinski definition) is 1. The van der Waals surface area contributed by atoms with Gasteiger partial charge in [-0.15, -0.1) is 6.42 Å². The molecular weight excluding hydrogens is 362 g/mol. The molecule has 0 atom stereocenters. The van der Waals surface area contributed by atoms with E-state index >= 15 is 0 Å². The summed E-state index contributed by atoms with van der Waals surface area (Å²) in [6, 6.07) is 19.4. The number of methoxy groups -OCH3 is 1. The van der Waals surface area contributed by atoms with Crippen LogP contribution in [-0.4, -0.2) is 23.8 Å². The Balaban J connectivity index is 1.61. The van der Waals surface area contributed by atoms with Crippen molar-refractivity contribution >= 4 is 33.8 Å². The van der Waals surface area contributed by atoms with E-state index in [1.165, 1.54) is 0 Å². The predicted octanol–water partition coefficient (Wildman–Crippen LogP) is 4.20. The van der Waals surface area contributed by atoms with E-state index < -0.39 is 0 Å². The first-order valence-electron chi connectivity index (χ1n) is 9.13. The Kier molecular flexibility index (Phi) is 5.00. The molecule has 0 aliphatic rings. The standard InChI is InChI=1S/C24H19N3O2/c1-3-12-27-16-19(20-10-6-7-11-22(20)27)15-25-26-24(28)21-13-17-8-4-5-9-18(17)14-23(21)29-2/h1,4-11,13-16H,12H2,2H3,(H,26,28)/b25-15-. The molecule has 0 radical (unpaired) electrons. The van der Waals surface area contributed by atoms with E-state index in [4.69, 9.17) is 11.2 Å². The van der Waals surface area contributed by atoms with E-state index in [0.717, 1.165) is 27.2 Å². The summed E-state index contributed by atoms with van der Waals surface area (Å²) >= 11 is 0. The Morgan fingerprint density at radius 3 is 2.66 bits per heavy atom. The highest BCUT2D eigenvalue weighted by Gasteiger charge is 2.13. The average molecular weight is 381 g/mol. The summed E-state index contributed by atoms with van der Waals surface area (Å²) in [6.07, 6.45) is 9.01. The number of para-hydroxylation sites is 1. The molecule has 29 heavy (non-hydrogen) atoms. The molecule has 4 rings (SSSR count). The smallest absolute Gasteiger partial charge is 0.275 e. The van der Waals surface area contributed by atoms with Gasteiger partial charge in [-0.05, 0) is 29.0 Å². The minimum absolute atomic E-state index is 0.337. The summed E-state index contributed by atoms with van der Waals surface area (Å²) in [6.45, 7) is 0.467. The number of ether oxygens (including phenoxy) is 1. The van der Waals surface area contributed by atoms with E-state index in [0.29, 0.717) is 17.9 Å². The molecule has 0 spiro atoms. The second-order valence-electron chi connectivity index (χ2n) is 6.53. The van der Waals surface area contributed by atoms with Crippen LogP contribution >= 0.6 is 0 Å². The normalized spacial score (nSPS) is 11.0. The summed E-state index contributed by atoms with van der Waals surface area (Å²) in [5.41, 5.74) is 4.92. The maximum absolute atomic E-state index is 12.7. The number of aromatic nitrogens is 1. The molecule has 4 aromatic rings. The van der Waals surface area contributed by atoms with Crippen molar-refractivity contribution in [2.45, 2.75) is 6.54 Å². The lowest BCUT2D eigenvalue weighted by Crippen LogP contribution is -2.18. The highest BCUT2D eigenvalue weighted by atomic mass is 16.5. The first-order chi connectivity index (χ1) is 14.2. The monoisotopic (exact) mass is 381 g/mol. The Morgan fingerprint density at radius 1 is 1.17 bits per heavy atom. The second kappa shape index (κ2) is 7.91. The fourth-order valence-corrected chi connectivity index (χ4v) is 3.39. The van der Waals surface area contributed by atoms with Gasteiger partial charge in [0, 0.05) is 22.7 Å². The van der Waals surface area contributed by atoms with Crippen LogP contribution in [0, 0.1) is 12.3 Å². The van der Waals surface area contributed by atoms with E-state index in [1.54, 1.807) is 19.4 Å². The first-order valence-corrected chi connectivity index (χ1v) is 9.13. The Morgan fingerprint density at radius 2 is 1.90 bits per heavy atom. The number of nitrogens with one attached hydrogen (secondary N) is 1. The summed E-state index contributed by atoms with van der Waals surface area (Å²) in [5, 5.41) is 7.13. The van der Waals surface area contributed by atoms with Crippen LogP contribution in [-0.2, 0) is 6.54 Å². The molecule has 5 heteroatoms. The van der Waals surface area contributed by atoms with Crippen molar-refractivity contribution in [2.24, 2.45) is 5.10 Å². The molecule has 1 amide bonds. The van der Waals surface area contributed by atoms with Crippen molar-refractivity contribution in [1.82, 2.24) is 9.99 Å². The minimum Gasteiger partial charge on any atom is -0.496 e. The third-order valence-corrected chi connectivity index (χ3v) is 4.76. The second-order valence-corrected chi connectivity index (χ2v) is 6.53. The van der Waals surface area contributed by atoms with E-state index in [1.807, 2.05) is 65.4 Å². The number of carbonyl (C=O) groups is 1. The number of nitrogens with zero attached hydrogens (tertiary/aromatic N) is 2. The van der Waals surface area contributed by atoms with Crippen LogP contribution in [0.1, 0.15) is 15.9 Å². The fourth-order valence-electron chi connectivity index (χ4n) is 3.39. The average Bonchev–Trinajstić information content (AvgIpc) is 3.10. The van der Waals surface area contributed by atoms with Crippen molar-refractivity contribution in [3.8, 4) is 18.1 Å². The molecular formula is C24H19N3O2. The van der Waals surface area contributed by atoms with Gasteiger partial charge in [0.05, 0.1) is 25.4 Å². The zero-order valence-corrected chi connectivity index (χ0v) is 15.9. The Hall–Kier alpha value is -4.04. The molecule has 0 aliphatic carbocycles. The van der Waals surface area contributed by atoms with Crippen molar-refractivity contribution in [1.29, 1.82) is 0 Å². The number of hydrogen-bond acceptors (Lipinski definition) is 3. The maximum atomic E-state index is 12.7. The van der Waals surface area contributed by atoms with Gasteiger partial charge in [0.1, 0.15) is 5.75 Å². The van der Waals surface area contributed by atoms with Crippen LogP contribution < -0.4 is 10.2 Å². The van der Waals surface area contributed by atoms with E-state index in [-0.39, 0.29) is 5.91 Å². The first kappa shape index (κ1) is 18.3. The number of amides is 1. The fraction of sp³-hybridized carbons (Fsp3) is 0.0833. The van der Waals surface area contributed by atoms with Crippen LogP contribution in [0.4, 0.5) is 0 Å². The van der Waals surface area contributed by atoms with Gasteiger partial charge in [-0.3, -0.25) is 4.79 Å². The number of hydrazone groups is 1. The Labute approximate surface area is 168 Å². The predicted molar refractivity (Wildman–Crippen MR) is 116 cm³/mol. The van der Waals surface area contributed by atoms with Crippen LogP contribution in [0.3, 0.4) is 0 Å². The topological polar surface area (TPSA) is 55.6 Å². The summed E-state index contributed by atoms with van der Waals surface area (Å²) in [5.74, 6) is 2.81. The van der Waals surface area contributed by atoms with Crippen molar-refractivity contribution in [3.05, 3.63) is 78.0 Å². The zero-order valence-electron chi connectivity index (χ0n) is 15.9. The van der Waals surface area contributed by atoms with Crippen LogP contribution in [0.25, 0.3) is 21.7 Å². The van der Waals surface area contributed by atoms with Crippen LogP contribution in [0.15, 0.2) is 72.0 Å². The van der Waals surface area contributed by atoms with Gasteiger partial charge in [-0.1, -0.05) is 48.4 Å². The van der Waals surface area contributed by atoms with Crippen LogP contribution in [0.5, 0.6) is 5.75 Å². The molecule has 0 fully saturated rings. The zero-order chi connectivity index (χ0) is 20.2. The lowest BCUT2D eigenvalue weighted by atomic mass is 10.1. The quantitative estimate of drug-likeness (QED) is 0.320. The van der Waals surface area contributed by atoms with Gasteiger partial charge in [0.15, 0.2) is 0 Å². The van der Waals surface area contributed by atoms with Gasteiger partial charge >= 0.3 is 0 Å². The number of fused-ring (bicyclic) bond motifs is 2. The van der Waals surface area contributed by atoms with Crippen LogP contribution in [0.2, 0.25) is 0 Å². The molecule has 5 nitrogen and oxygen atoms in total. The van der Waals surface area contributed by atoms with Crippen molar-refractivity contribution in [2.75, 3.05) is 7.11 Å². The molecule has 0 bridgehead atoms. The maximum Gasteiger partial charge on any atom is 0.275 e. The molecule has 0 unspecified atom stereocenters. The molecule has 0 saturated carbocycles. The van der Waals surface area contributed by atoms with Gasteiger partial charge in [0.25, 0.3) is 5.91 Å². The third kappa shape index (κ3) is 3.56.